The third kappa shape index (κ3) is 3.08. The van der Waals surface area contributed by atoms with Gasteiger partial charge in [-0.15, -0.1) is 11.3 Å². The zero-order valence-corrected chi connectivity index (χ0v) is 11.4. The molecule has 16 heavy (non-hydrogen) atoms. The lowest BCUT2D eigenvalue weighted by Gasteiger charge is -2.33. The summed E-state index contributed by atoms with van der Waals surface area (Å²) in [5.74, 6) is 1.77. The fraction of sp³-hybridized carbons (Fsp3) is 0.714. The van der Waals surface area contributed by atoms with Crippen molar-refractivity contribution in [1.82, 2.24) is 5.32 Å². The van der Waals surface area contributed by atoms with Crippen LogP contribution in [0.5, 0.6) is 0 Å². The van der Waals surface area contributed by atoms with E-state index in [1.807, 2.05) is 11.3 Å². The van der Waals surface area contributed by atoms with Crippen molar-refractivity contribution in [2.24, 2.45) is 11.8 Å². The molecule has 0 aromatic carbocycles. The molecule has 1 aromatic rings. The van der Waals surface area contributed by atoms with E-state index < -0.39 is 0 Å². The molecule has 1 N–H and O–H groups in total. The van der Waals surface area contributed by atoms with Crippen molar-refractivity contribution < 1.29 is 0 Å². The maximum Gasteiger partial charge on any atom is 0.0302 e. The average Bonchev–Trinajstić information content (AvgIpc) is 2.63. The average molecular weight is 237 g/mol. The lowest BCUT2D eigenvalue weighted by Crippen LogP contribution is -2.38. The second-order valence-electron chi connectivity index (χ2n) is 5.40. The first-order valence-corrected chi connectivity index (χ1v) is 7.25. The summed E-state index contributed by atoms with van der Waals surface area (Å²) in [5, 5.41) is 3.73. The molecule has 1 aromatic heterocycles. The summed E-state index contributed by atoms with van der Waals surface area (Å²) >= 11 is 1.92. The van der Waals surface area contributed by atoms with Crippen LogP contribution < -0.4 is 5.32 Å². The minimum absolute atomic E-state index is 0.735. The van der Waals surface area contributed by atoms with Gasteiger partial charge in [0.25, 0.3) is 0 Å². The molecule has 0 aliphatic heterocycles. The minimum atomic E-state index is 0.735. The number of nitrogens with one attached hydrogen (secondary N) is 1. The van der Waals surface area contributed by atoms with E-state index in [0.29, 0.717) is 0 Å². The van der Waals surface area contributed by atoms with Crippen LogP contribution in [0.25, 0.3) is 0 Å². The Morgan fingerprint density at radius 2 is 2.12 bits per heavy atom. The predicted molar refractivity (Wildman–Crippen MR) is 71.9 cm³/mol. The summed E-state index contributed by atoms with van der Waals surface area (Å²) in [6.07, 6.45) is 4.14. The van der Waals surface area contributed by atoms with Crippen molar-refractivity contribution in [3.8, 4) is 0 Å². The minimum Gasteiger partial charge on any atom is -0.309 e. The van der Waals surface area contributed by atoms with E-state index in [1.165, 1.54) is 29.0 Å². The molecule has 3 unspecified atom stereocenters. The molecule has 0 spiro atoms. The van der Waals surface area contributed by atoms with E-state index in [0.717, 1.165) is 24.4 Å². The highest BCUT2D eigenvalue weighted by Crippen LogP contribution is 2.29. The number of aryl methyl sites for hydroxylation is 1. The first-order valence-electron chi connectivity index (χ1n) is 6.44. The Bertz CT molecular complexity index is 331. The van der Waals surface area contributed by atoms with Gasteiger partial charge in [-0.25, -0.2) is 0 Å². The molecule has 3 atom stereocenters. The van der Waals surface area contributed by atoms with Crippen LogP contribution in [0.4, 0.5) is 0 Å². The fourth-order valence-corrected chi connectivity index (χ4v) is 3.62. The van der Waals surface area contributed by atoms with Gasteiger partial charge in [0.1, 0.15) is 0 Å². The largest absolute Gasteiger partial charge is 0.309 e. The molecule has 0 bridgehead atoms. The lowest BCUT2D eigenvalue weighted by molar-refractivity contribution is 0.227. The molecule has 0 radical (unpaired) electrons. The Morgan fingerprint density at radius 1 is 1.31 bits per heavy atom. The Balaban J connectivity index is 1.81. The Morgan fingerprint density at radius 3 is 2.75 bits per heavy atom. The molecule has 1 fully saturated rings. The fourth-order valence-electron chi connectivity index (χ4n) is 2.78. The molecule has 2 rings (SSSR count). The van der Waals surface area contributed by atoms with Gasteiger partial charge in [0, 0.05) is 22.3 Å². The first-order chi connectivity index (χ1) is 7.65. The van der Waals surface area contributed by atoms with Gasteiger partial charge in [0.15, 0.2) is 0 Å². The molecule has 1 nitrogen and oxygen atoms in total. The van der Waals surface area contributed by atoms with Gasteiger partial charge in [0.05, 0.1) is 0 Å². The highest BCUT2D eigenvalue weighted by Gasteiger charge is 2.24. The van der Waals surface area contributed by atoms with Gasteiger partial charge in [-0.3, -0.25) is 0 Å². The Kier molecular flexibility index (Phi) is 4.04. The van der Waals surface area contributed by atoms with Crippen molar-refractivity contribution >= 4 is 11.3 Å². The van der Waals surface area contributed by atoms with E-state index in [4.69, 9.17) is 0 Å². The van der Waals surface area contributed by atoms with Crippen LogP contribution in [-0.4, -0.2) is 6.04 Å². The van der Waals surface area contributed by atoms with E-state index in [-0.39, 0.29) is 0 Å². The Hall–Kier alpha value is -0.340. The van der Waals surface area contributed by atoms with Gasteiger partial charge < -0.3 is 5.32 Å². The molecular weight excluding hydrogens is 214 g/mol. The molecule has 2 heteroatoms. The van der Waals surface area contributed by atoms with Crippen molar-refractivity contribution in [1.29, 1.82) is 0 Å². The van der Waals surface area contributed by atoms with E-state index in [9.17, 15) is 0 Å². The standard InChI is InChI=1S/C14H23NS/c1-10-4-7-14(11(2)8-10)15-9-13-6-5-12(3)16-13/h5-6,10-11,14-15H,4,7-9H2,1-3H3. The molecular formula is C14H23NS. The summed E-state index contributed by atoms with van der Waals surface area (Å²) < 4.78 is 0. The van der Waals surface area contributed by atoms with Crippen LogP contribution in [0.15, 0.2) is 12.1 Å². The number of thiophene rings is 1. The molecule has 1 aliphatic rings. The monoisotopic (exact) mass is 237 g/mol. The maximum absolute atomic E-state index is 3.73. The number of rotatable bonds is 3. The van der Waals surface area contributed by atoms with Crippen molar-refractivity contribution in [2.45, 2.75) is 52.6 Å². The van der Waals surface area contributed by atoms with Gasteiger partial charge in [-0.2, -0.15) is 0 Å². The van der Waals surface area contributed by atoms with Crippen LogP contribution >= 0.6 is 11.3 Å². The van der Waals surface area contributed by atoms with E-state index in [1.54, 1.807) is 0 Å². The van der Waals surface area contributed by atoms with E-state index in [2.05, 4.69) is 38.2 Å². The van der Waals surface area contributed by atoms with Crippen molar-refractivity contribution in [3.63, 3.8) is 0 Å². The molecule has 0 amide bonds. The first kappa shape index (κ1) is 12.1. The summed E-state index contributed by atoms with van der Waals surface area (Å²) in [7, 11) is 0. The lowest BCUT2D eigenvalue weighted by atomic mass is 9.80. The number of hydrogen-bond donors (Lipinski definition) is 1. The number of hydrogen-bond acceptors (Lipinski definition) is 2. The predicted octanol–water partition coefficient (Wildman–Crippen LogP) is 3.97. The van der Waals surface area contributed by atoms with Crippen LogP contribution in [0.1, 0.15) is 42.9 Å². The third-order valence-electron chi connectivity index (χ3n) is 3.77. The van der Waals surface area contributed by atoms with Crippen molar-refractivity contribution in [3.05, 3.63) is 21.9 Å². The van der Waals surface area contributed by atoms with Crippen LogP contribution in [-0.2, 0) is 6.54 Å². The van der Waals surface area contributed by atoms with Crippen LogP contribution in [0.3, 0.4) is 0 Å². The zero-order chi connectivity index (χ0) is 11.5. The van der Waals surface area contributed by atoms with Crippen LogP contribution in [0.2, 0.25) is 0 Å². The quantitative estimate of drug-likeness (QED) is 0.838. The maximum atomic E-state index is 3.73. The Labute approximate surface area is 103 Å². The summed E-state index contributed by atoms with van der Waals surface area (Å²) in [5.41, 5.74) is 0. The smallest absolute Gasteiger partial charge is 0.0302 e. The second kappa shape index (κ2) is 5.33. The second-order valence-corrected chi connectivity index (χ2v) is 6.77. The topological polar surface area (TPSA) is 12.0 Å². The van der Waals surface area contributed by atoms with Gasteiger partial charge in [-0.1, -0.05) is 13.8 Å². The molecule has 1 saturated carbocycles. The van der Waals surface area contributed by atoms with Gasteiger partial charge >= 0.3 is 0 Å². The SMILES string of the molecule is Cc1ccc(CNC2CCC(C)CC2C)s1. The summed E-state index contributed by atoms with van der Waals surface area (Å²) in [6.45, 7) is 8.02. The third-order valence-corrected chi connectivity index (χ3v) is 4.77. The van der Waals surface area contributed by atoms with Gasteiger partial charge in [0.2, 0.25) is 0 Å². The van der Waals surface area contributed by atoms with Crippen LogP contribution in [0, 0.1) is 18.8 Å². The molecule has 90 valence electrons. The molecule has 1 aliphatic carbocycles. The normalized spacial score (nSPS) is 30.6. The van der Waals surface area contributed by atoms with E-state index >= 15 is 0 Å². The molecule has 1 heterocycles. The van der Waals surface area contributed by atoms with Gasteiger partial charge in [-0.05, 0) is 50.2 Å². The molecule has 0 saturated heterocycles. The van der Waals surface area contributed by atoms with Crippen molar-refractivity contribution in [2.75, 3.05) is 0 Å². The highest BCUT2D eigenvalue weighted by atomic mass is 32.1. The summed E-state index contributed by atoms with van der Waals surface area (Å²) in [6, 6.07) is 5.20. The summed E-state index contributed by atoms with van der Waals surface area (Å²) in [4.78, 5) is 2.89. The highest BCUT2D eigenvalue weighted by molar-refractivity contribution is 7.11. The zero-order valence-electron chi connectivity index (χ0n) is 10.6.